The zero-order chi connectivity index (χ0) is 12.5. The van der Waals surface area contributed by atoms with Crippen molar-refractivity contribution in [2.75, 3.05) is 12.3 Å². The van der Waals surface area contributed by atoms with E-state index in [0.717, 1.165) is 23.6 Å². The fourth-order valence-corrected chi connectivity index (χ4v) is 2.43. The van der Waals surface area contributed by atoms with Crippen LogP contribution in [0.15, 0.2) is 29.2 Å². The normalized spacial score (nSPS) is 12.1. The molecule has 1 unspecified atom stereocenters. The zero-order valence-electron chi connectivity index (χ0n) is 10.1. The molecule has 0 fully saturated rings. The van der Waals surface area contributed by atoms with Crippen LogP contribution in [0, 0.1) is 18.2 Å². The minimum atomic E-state index is -0.190. The first-order valence-corrected chi connectivity index (χ1v) is 6.80. The summed E-state index contributed by atoms with van der Waals surface area (Å²) in [7, 11) is 0. The van der Waals surface area contributed by atoms with E-state index in [0.29, 0.717) is 12.5 Å². The van der Waals surface area contributed by atoms with E-state index in [4.69, 9.17) is 6.42 Å². The van der Waals surface area contributed by atoms with E-state index in [1.165, 1.54) is 6.07 Å². The van der Waals surface area contributed by atoms with Crippen LogP contribution in [0.5, 0.6) is 0 Å². The minimum absolute atomic E-state index is 0.190. The number of halogens is 1. The van der Waals surface area contributed by atoms with Gasteiger partial charge in [-0.05, 0) is 31.2 Å². The van der Waals surface area contributed by atoms with Crippen LogP contribution in [0.3, 0.4) is 0 Å². The largest absolute Gasteiger partial charge is 0.312 e. The van der Waals surface area contributed by atoms with E-state index in [1.807, 2.05) is 6.07 Å². The molecule has 1 nitrogen and oxygen atoms in total. The highest BCUT2D eigenvalue weighted by Crippen LogP contribution is 2.20. The van der Waals surface area contributed by atoms with Gasteiger partial charge in [0, 0.05) is 23.1 Å². The molecular weight excluding hydrogens is 233 g/mol. The van der Waals surface area contributed by atoms with Crippen molar-refractivity contribution in [2.45, 2.75) is 30.7 Å². The van der Waals surface area contributed by atoms with Crippen molar-refractivity contribution >= 4 is 11.8 Å². The maximum absolute atomic E-state index is 13.0. The average molecular weight is 251 g/mol. The van der Waals surface area contributed by atoms with Gasteiger partial charge < -0.3 is 5.32 Å². The Hall–Kier alpha value is -0.980. The van der Waals surface area contributed by atoms with Gasteiger partial charge in [-0.25, -0.2) is 4.39 Å². The van der Waals surface area contributed by atoms with Gasteiger partial charge in [0.1, 0.15) is 5.82 Å². The summed E-state index contributed by atoms with van der Waals surface area (Å²) in [6, 6.07) is 6.96. The number of thioether (sulfide) groups is 1. The lowest BCUT2D eigenvalue weighted by Crippen LogP contribution is -2.31. The minimum Gasteiger partial charge on any atom is -0.312 e. The molecule has 1 atom stereocenters. The highest BCUT2D eigenvalue weighted by Gasteiger charge is 2.07. The van der Waals surface area contributed by atoms with Crippen molar-refractivity contribution in [1.29, 1.82) is 0 Å². The summed E-state index contributed by atoms with van der Waals surface area (Å²) in [5.41, 5.74) is 0. The molecule has 0 spiro atoms. The zero-order valence-corrected chi connectivity index (χ0v) is 10.9. The molecule has 0 aliphatic rings. The molecule has 92 valence electrons. The molecule has 0 aliphatic carbocycles. The third kappa shape index (κ3) is 5.76. The summed E-state index contributed by atoms with van der Waals surface area (Å²) >= 11 is 1.64. The first kappa shape index (κ1) is 14.1. The van der Waals surface area contributed by atoms with Gasteiger partial charge in [-0.3, -0.25) is 0 Å². The maximum Gasteiger partial charge on any atom is 0.124 e. The lowest BCUT2D eigenvalue weighted by Gasteiger charge is -2.15. The highest BCUT2D eigenvalue weighted by molar-refractivity contribution is 7.99. The second-order valence-electron chi connectivity index (χ2n) is 3.83. The van der Waals surface area contributed by atoms with Crippen molar-refractivity contribution in [3.05, 3.63) is 30.1 Å². The Morgan fingerprint density at radius 3 is 3.00 bits per heavy atom. The molecule has 0 saturated carbocycles. The highest BCUT2D eigenvalue weighted by atomic mass is 32.2. The number of rotatable bonds is 7. The van der Waals surface area contributed by atoms with Gasteiger partial charge in [0.2, 0.25) is 0 Å². The van der Waals surface area contributed by atoms with Crippen LogP contribution < -0.4 is 5.32 Å². The molecule has 0 bridgehead atoms. The molecule has 0 aromatic heterocycles. The van der Waals surface area contributed by atoms with Crippen molar-refractivity contribution in [3.63, 3.8) is 0 Å². The van der Waals surface area contributed by atoms with Gasteiger partial charge >= 0.3 is 0 Å². The molecule has 17 heavy (non-hydrogen) atoms. The number of terminal acetylenes is 1. The molecule has 0 saturated heterocycles. The smallest absolute Gasteiger partial charge is 0.124 e. The summed E-state index contributed by atoms with van der Waals surface area (Å²) in [4.78, 5) is 0.949. The predicted octanol–water partition coefficient (Wildman–Crippen LogP) is 3.31. The summed E-state index contributed by atoms with van der Waals surface area (Å²) in [6.45, 7) is 3.09. The van der Waals surface area contributed by atoms with Gasteiger partial charge in [0.25, 0.3) is 0 Å². The van der Waals surface area contributed by atoms with E-state index in [-0.39, 0.29) is 5.82 Å². The topological polar surface area (TPSA) is 12.0 Å². The Kier molecular flexibility index (Phi) is 6.76. The molecular formula is C14H18FNS. The van der Waals surface area contributed by atoms with Crippen molar-refractivity contribution < 1.29 is 4.39 Å². The Morgan fingerprint density at radius 2 is 2.35 bits per heavy atom. The number of hydrogen-bond donors (Lipinski definition) is 1. The number of nitrogens with one attached hydrogen (secondary N) is 1. The molecule has 1 N–H and O–H groups in total. The molecule has 0 radical (unpaired) electrons. The predicted molar refractivity (Wildman–Crippen MR) is 72.7 cm³/mol. The van der Waals surface area contributed by atoms with Gasteiger partial charge in [-0.1, -0.05) is 13.0 Å². The Balaban J connectivity index is 2.43. The number of hydrogen-bond acceptors (Lipinski definition) is 2. The van der Waals surface area contributed by atoms with Gasteiger partial charge in [0.15, 0.2) is 0 Å². The quantitative estimate of drug-likeness (QED) is 0.589. The average Bonchev–Trinajstić information content (AvgIpc) is 2.33. The van der Waals surface area contributed by atoms with E-state index in [9.17, 15) is 4.39 Å². The molecule has 3 heteroatoms. The van der Waals surface area contributed by atoms with Crippen LogP contribution in [0.25, 0.3) is 0 Å². The van der Waals surface area contributed by atoms with E-state index >= 15 is 0 Å². The summed E-state index contributed by atoms with van der Waals surface area (Å²) in [5, 5.41) is 3.40. The second kappa shape index (κ2) is 8.16. The van der Waals surface area contributed by atoms with Gasteiger partial charge in [-0.2, -0.15) is 0 Å². The monoisotopic (exact) mass is 251 g/mol. The standard InChI is InChI=1S/C14H18FNS/c1-3-6-13(16-9-4-2)11-17-14-8-5-7-12(15)10-14/h1,5,7-8,10,13,16H,4,6,9,11H2,2H3. The summed E-state index contributed by atoms with van der Waals surface area (Å²) < 4.78 is 13.0. The lowest BCUT2D eigenvalue weighted by atomic mass is 10.2. The van der Waals surface area contributed by atoms with Crippen molar-refractivity contribution in [3.8, 4) is 12.3 Å². The van der Waals surface area contributed by atoms with Gasteiger partial charge in [-0.15, -0.1) is 24.1 Å². The molecule has 1 aromatic carbocycles. The molecule has 0 aliphatic heterocycles. The van der Waals surface area contributed by atoms with E-state index < -0.39 is 0 Å². The fourth-order valence-electron chi connectivity index (χ4n) is 1.43. The van der Waals surface area contributed by atoms with Crippen LogP contribution in [-0.2, 0) is 0 Å². The molecule has 1 aromatic rings. The van der Waals surface area contributed by atoms with Crippen LogP contribution in [-0.4, -0.2) is 18.3 Å². The Labute approximate surface area is 107 Å². The first-order valence-electron chi connectivity index (χ1n) is 5.81. The third-order valence-corrected chi connectivity index (χ3v) is 3.45. The lowest BCUT2D eigenvalue weighted by molar-refractivity contribution is 0.563. The van der Waals surface area contributed by atoms with Crippen LogP contribution in [0.2, 0.25) is 0 Å². The van der Waals surface area contributed by atoms with Crippen molar-refractivity contribution in [1.82, 2.24) is 5.32 Å². The summed E-state index contributed by atoms with van der Waals surface area (Å²) in [6.07, 6.45) is 7.13. The van der Waals surface area contributed by atoms with Crippen LogP contribution >= 0.6 is 11.8 Å². The first-order chi connectivity index (χ1) is 8.26. The van der Waals surface area contributed by atoms with Crippen LogP contribution in [0.1, 0.15) is 19.8 Å². The van der Waals surface area contributed by atoms with Crippen molar-refractivity contribution in [2.24, 2.45) is 0 Å². The second-order valence-corrected chi connectivity index (χ2v) is 4.92. The fraction of sp³-hybridized carbons (Fsp3) is 0.429. The van der Waals surface area contributed by atoms with E-state index in [1.54, 1.807) is 23.9 Å². The Bertz CT molecular complexity index is 373. The van der Waals surface area contributed by atoms with Gasteiger partial charge in [0.05, 0.1) is 0 Å². The third-order valence-electron chi connectivity index (χ3n) is 2.29. The summed E-state index contributed by atoms with van der Waals surface area (Å²) in [5.74, 6) is 3.35. The van der Waals surface area contributed by atoms with Crippen LogP contribution in [0.4, 0.5) is 4.39 Å². The SMILES string of the molecule is C#CCC(CSc1cccc(F)c1)NCCC. The molecule has 0 amide bonds. The molecule has 0 heterocycles. The number of benzene rings is 1. The Morgan fingerprint density at radius 1 is 1.53 bits per heavy atom. The van der Waals surface area contributed by atoms with E-state index in [2.05, 4.69) is 18.2 Å². The maximum atomic E-state index is 13.0. The molecule has 1 rings (SSSR count).